The molecule has 2 N–H and O–H groups in total. The minimum Gasteiger partial charge on any atom is -0.478 e. The molecular weight excluding hydrogens is 345 g/mol. The molecular formula is C11H13ClFNO5S2. The van der Waals surface area contributed by atoms with Gasteiger partial charge in [-0.05, 0) is 12.1 Å². The van der Waals surface area contributed by atoms with Gasteiger partial charge in [0.05, 0.1) is 15.5 Å². The van der Waals surface area contributed by atoms with Crippen LogP contribution >= 0.6 is 11.6 Å². The minimum absolute atomic E-state index is 0.102. The molecule has 0 aliphatic rings. The molecule has 10 heteroatoms. The zero-order valence-electron chi connectivity index (χ0n) is 10.9. The molecule has 6 nitrogen and oxygen atoms in total. The Kier molecular flexibility index (Phi) is 6.26. The van der Waals surface area contributed by atoms with Gasteiger partial charge in [-0.15, -0.1) is 0 Å². The summed E-state index contributed by atoms with van der Waals surface area (Å²) >= 11 is 5.46. The maximum atomic E-state index is 13.5. The lowest BCUT2D eigenvalue weighted by molar-refractivity contribution is 0.0696. The minimum atomic E-state index is -4.11. The molecule has 1 unspecified atom stereocenters. The predicted molar refractivity (Wildman–Crippen MR) is 77.1 cm³/mol. The van der Waals surface area contributed by atoms with Gasteiger partial charge in [-0.1, -0.05) is 18.5 Å². The normalized spacial score (nSPS) is 13.1. The van der Waals surface area contributed by atoms with Crippen molar-refractivity contribution in [2.45, 2.75) is 11.8 Å². The summed E-state index contributed by atoms with van der Waals surface area (Å²) in [5.41, 5.74) is -0.644. The molecule has 0 fully saturated rings. The highest BCUT2D eigenvalue weighted by atomic mass is 35.5. The van der Waals surface area contributed by atoms with E-state index >= 15 is 0 Å². The molecule has 0 aromatic heterocycles. The van der Waals surface area contributed by atoms with Crippen LogP contribution in [-0.2, 0) is 20.8 Å². The maximum Gasteiger partial charge on any atom is 0.337 e. The van der Waals surface area contributed by atoms with Gasteiger partial charge in [0, 0.05) is 28.9 Å². The number of rotatable bonds is 7. The third kappa shape index (κ3) is 4.73. The first kappa shape index (κ1) is 18.0. The highest BCUT2D eigenvalue weighted by molar-refractivity contribution is 7.89. The standard InChI is InChI=1S/C11H13ClFNO5S2/c1-2-20(17)4-3-14-21(18,19)7-5-8(11(15)16)10(12)9(13)6-7/h5-6,14H,2-4H2,1H3,(H,15,16). The number of aromatic carboxylic acids is 1. The fourth-order valence-corrected chi connectivity index (χ4v) is 3.40. The van der Waals surface area contributed by atoms with Crippen LogP contribution in [0, 0.1) is 5.82 Å². The van der Waals surface area contributed by atoms with Crippen LogP contribution in [0.4, 0.5) is 4.39 Å². The van der Waals surface area contributed by atoms with Crippen molar-refractivity contribution in [3.8, 4) is 0 Å². The van der Waals surface area contributed by atoms with E-state index in [0.29, 0.717) is 11.8 Å². The number of nitrogens with one attached hydrogen (secondary N) is 1. The quantitative estimate of drug-likeness (QED) is 0.764. The average Bonchev–Trinajstić information content (AvgIpc) is 2.40. The molecule has 1 aromatic rings. The lowest BCUT2D eigenvalue weighted by Gasteiger charge is -2.08. The van der Waals surface area contributed by atoms with E-state index in [9.17, 15) is 21.8 Å². The molecule has 21 heavy (non-hydrogen) atoms. The predicted octanol–water partition coefficient (Wildman–Crippen LogP) is 1.22. The molecule has 1 rings (SSSR count). The largest absolute Gasteiger partial charge is 0.478 e. The Morgan fingerprint density at radius 3 is 2.62 bits per heavy atom. The molecule has 1 atom stereocenters. The second kappa shape index (κ2) is 7.30. The Hall–Kier alpha value is -1.03. The summed E-state index contributed by atoms with van der Waals surface area (Å²) in [4.78, 5) is 10.3. The van der Waals surface area contributed by atoms with Gasteiger partial charge in [-0.3, -0.25) is 4.21 Å². The zero-order chi connectivity index (χ0) is 16.2. The van der Waals surface area contributed by atoms with Crippen LogP contribution in [0.1, 0.15) is 17.3 Å². The summed E-state index contributed by atoms with van der Waals surface area (Å²) < 4.78 is 50.7. The monoisotopic (exact) mass is 357 g/mol. The highest BCUT2D eigenvalue weighted by Crippen LogP contribution is 2.24. The first-order valence-electron chi connectivity index (χ1n) is 5.76. The lowest BCUT2D eigenvalue weighted by Crippen LogP contribution is -2.28. The van der Waals surface area contributed by atoms with E-state index < -0.39 is 48.1 Å². The van der Waals surface area contributed by atoms with Crippen molar-refractivity contribution >= 4 is 38.4 Å². The number of hydrogen-bond donors (Lipinski definition) is 2. The second-order valence-corrected chi connectivity index (χ2v) is 7.91. The van der Waals surface area contributed by atoms with Crippen LogP contribution < -0.4 is 4.72 Å². The van der Waals surface area contributed by atoms with E-state index in [0.717, 1.165) is 6.07 Å². The van der Waals surface area contributed by atoms with Crippen molar-refractivity contribution in [3.63, 3.8) is 0 Å². The van der Waals surface area contributed by atoms with Crippen LogP contribution in [0.25, 0.3) is 0 Å². The molecule has 0 saturated heterocycles. The number of hydrogen-bond acceptors (Lipinski definition) is 4. The van der Waals surface area contributed by atoms with Crippen LogP contribution in [0.3, 0.4) is 0 Å². The summed E-state index contributed by atoms with van der Waals surface area (Å²) in [7, 11) is -5.26. The SMILES string of the molecule is CCS(=O)CCNS(=O)(=O)c1cc(F)c(Cl)c(C(=O)O)c1. The van der Waals surface area contributed by atoms with E-state index in [1.807, 2.05) is 0 Å². The van der Waals surface area contributed by atoms with Crippen molar-refractivity contribution in [2.24, 2.45) is 0 Å². The number of benzene rings is 1. The van der Waals surface area contributed by atoms with Gasteiger partial charge >= 0.3 is 5.97 Å². The molecule has 118 valence electrons. The highest BCUT2D eigenvalue weighted by Gasteiger charge is 2.21. The first-order chi connectivity index (χ1) is 9.69. The van der Waals surface area contributed by atoms with Gasteiger partial charge in [-0.2, -0.15) is 0 Å². The first-order valence-corrected chi connectivity index (χ1v) is 9.11. The fraction of sp³-hybridized carbons (Fsp3) is 0.364. The molecule has 0 aliphatic carbocycles. The number of carboxylic acid groups (broad SMARTS) is 1. The molecule has 0 bridgehead atoms. The number of carbonyl (C=O) groups is 1. The van der Waals surface area contributed by atoms with Crippen LogP contribution in [0.2, 0.25) is 5.02 Å². The molecule has 0 heterocycles. The van der Waals surface area contributed by atoms with Gasteiger partial charge in [0.2, 0.25) is 10.0 Å². The summed E-state index contributed by atoms with van der Waals surface area (Å²) in [6.07, 6.45) is 0. The van der Waals surface area contributed by atoms with E-state index in [4.69, 9.17) is 16.7 Å². The van der Waals surface area contributed by atoms with Gasteiger partial charge in [0.15, 0.2) is 0 Å². The molecule has 0 saturated carbocycles. The summed E-state index contributed by atoms with van der Waals surface area (Å²) in [5.74, 6) is -2.19. The van der Waals surface area contributed by atoms with E-state index in [1.165, 1.54) is 0 Å². The molecule has 1 aromatic carbocycles. The summed E-state index contributed by atoms with van der Waals surface area (Å²) in [5, 5.41) is 8.20. The van der Waals surface area contributed by atoms with Crippen molar-refractivity contribution in [1.82, 2.24) is 4.72 Å². The Labute approximate surface area is 128 Å². The topological polar surface area (TPSA) is 101 Å². The Morgan fingerprint density at radius 1 is 1.48 bits per heavy atom. The van der Waals surface area contributed by atoms with E-state index in [1.54, 1.807) is 6.92 Å². The Morgan fingerprint density at radius 2 is 2.10 bits per heavy atom. The third-order valence-corrected chi connectivity index (χ3v) is 5.61. The van der Waals surface area contributed by atoms with Crippen LogP contribution in [-0.4, -0.2) is 41.8 Å². The van der Waals surface area contributed by atoms with E-state index in [-0.39, 0.29) is 12.3 Å². The molecule has 0 amide bonds. The van der Waals surface area contributed by atoms with Crippen molar-refractivity contribution in [1.29, 1.82) is 0 Å². The van der Waals surface area contributed by atoms with Crippen LogP contribution in [0.15, 0.2) is 17.0 Å². The smallest absolute Gasteiger partial charge is 0.337 e. The third-order valence-electron chi connectivity index (χ3n) is 2.49. The molecule has 0 aliphatic heterocycles. The van der Waals surface area contributed by atoms with Gasteiger partial charge in [0.25, 0.3) is 0 Å². The van der Waals surface area contributed by atoms with E-state index in [2.05, 4.69) is 4.72 Å². The Bertz CT molecular complexity index is 677. The summed E-state index contributed by atoms with van der Waals surface area (Å²) in [6.45, 7) is 1.59. The average molecular weight is 358 g/mol. The van der Waals surface area contributed by atoms with Gasteiger partial charge in [-0.25, -0.2) is 22.3 Å². The van der Waals surface area contributed by atoms with Crippen LogP contribution in [0.5, 0.6) is 0 Å². The lowest BCUT2D eigenvalue weighted by atomic mass is 10.2. The zero-order valence-corrected chi connectivity index (χ0v) is 13.3. The number of carboxylic acids is 1. The van der Waals surface area contributed by atoms with Crippen molar-refractivity contribution in [2.75, 3.05) is 18.1 Å². The van der Waals surface area contributed by atoms with Gasteiger partial charge < -0.3 is 5.11 Å². The van der Waals surface area contributed by atoms with Crippen molar-refractivity contribution < 1.29 is 26.9 Å². The maximum absolute atomic E-state index is 13.5. The Balaban J connectivity index is 3.04. The summed E-state index contributed by atoms with van der Waals surface area (Å²) in [6, 6.07) is 1.40. The molecule has 0 radical (unpaired) electrons. The second-order valence-electron chi connectivity index (χ2n) is 3.90. The van der Waals surface area contributed by atoms with Crippen molar-refractivity contribution in [3.05, 3.63) is 28.5 Å². The van der Waals surface area contributed by atoms with Gasteiger partial charge in [0.1, 0.15) is 5.82 Å². The molecule has 0 spiro atoms. The fourth-order valence-electron chi connectivity index (χ4n) is 1.39. The number of halogens is 2. The number of sulfonamides is 1.